The Morgan fingerprint density at radius 1 is 1.19 bits per heavy atom. The molecule has 0 saturated carbocycles. The number of rotatable bonds is 6. The van der Waals surface area contributed by atoms with Crippen molar-refractivity contribution in [1.29, 1.82) is 0 Å². The minimum absolute atomic E-state index is 0.556. The first-order chi connectivity index (χ1) is 10.1. The zero-order chi connectivity index (χ0) is 15.2. The third-order valence-electron chi connectivity index (χ3n) is 2.90. The van der Waals surface area contributed by atoms with Crippen LogP contribution in [0, 0.1) is 13.8 Å². The fraction of sp³-hybridized carbons (Fsp3) is 0.333. The molecular formula is C15H19ClN4O. The minimum atomic E-state index is 0.556. The van der Waals surface area contributed by atoms with E-state index in [1.165, 1.54) is 0 Å². The molecule has 1 aromatic carbocycles. The Morgan fingerprint density at radius 2 is 2.00 bits per heavy atom. The zero-order valence-corrected chi connectivity index (χ0v) is 13.2. The predicted octanol–water partition coefficient (Wildman–Crippen LogP) is 3.55. The molecule has 112 valence electrons. The number of methoxy groups -OCH3 is 1. The van der Waals surface area contributed by atoms with Gasteiger partial charge < -0.3 is 15.4 Å². The highest BCUT2D eigenvalue weighted by Gasteiger charge is 2.05. The van der Waals surface area contributed by atoms with Gasteiger partial charge in [0.2, 0.25) is 5.95 Å². The molecule has 0 aliphatic heterocycles. The first kappa shape index (κ1) is 15.5. The van der Waals surface area contributed by atoms with Gasteiger partial charge in [0, 0.05) is 36.1 Å². The number of hydrogen-bond donors (Lipinski definition) is 2. The van der Waals surface area contributed by atoms with Gasteiger partial charge in [-0.15, -0.1) is 0 Å². The molecule has 21 heavy (non-hydrogen) atoms. The second kappa shape index (κ2) is 7.24. The van der Waals surface area contributed by atoms with Crippen molar-refractivity contribution in [3.05, 3.63) is 40.5 Å². The van der Waals surface area contributed by atoms with Crippen LogP contribution >= 0.6 is 11.6 Å². The van der Waals surface area contributed by atoms with Crippen molar-refractivity contribution in [2.45, 2.75) is 13.8 Å². The van der Waals surface area contributed by atoms with Crippen LogP contribution in [0.3, 0.4) is 0 Å². The van der Waals surface area contributed by atoms with E-state index in [1.807, 2.05) is 38.1 Å². The second-order valence-corrected chi connectivity index (χ2v) is 5.16. The zero-order valence-electron chi connectivity index (χ0n) is 12.4. The van der Waals surface area contributed by atoms with Crippen molar-refractivity contribution in [1.82, 2.24) is 9.97 Å². The van der Waals surface area contributed by atoms with Crippen molar-refractivity contribution < 1.29 is 4.74 Å². The van der Waals surface area contributed by atoms with Crippen LogP contribution in [0.4, 0.5) is 17.5 Å². The molecular weight excluding hydrogens is 288 g/mol. The summed E-state index contributed by atoms with van der Waals surface area (Å²) in [6.45, 7) is 5.25. The number of halogens is 1. The number of ether oxygens (including phenoxy) is 1. The molecule has 1 aromatic heterocycles. The number of hydrogen-bond acceptors (Lipinski definition) is 5. The molecule has 0 amide bonds. The molecule has 0 spiro atoms. The van der Waals surface area contributed by atoms with Crippen LogP contribution in [0.2, 0.25) is 5.02 Å². The van der Waals surface area contributed by atoms with E-state index >= 15 is 0 Å². The lowest BCUT2D eigenvalue weighted by atomic mass is 10.2. The molecule has 0 saturated heterocycles. The molecule has 1 heterocycles. The Morgan fingerprint density at radius 3 is 2.71 bits per heavy atom. The topological polar surface area (TPSA) is 59.1 Å². The van der Waals surface area contributed by atoms with E-state index in [0.717, 1.165) is 22.8 Å². The van der Waals surface area contributed by atoms with Crippen molar-refractivity contribution in [2.75, 3.05) is 30.9 Å². The second-order valence-electron chi connectivity index (χ2n) is 4.72. The summed E-state index contributed by atoms with van der Waals surface area (Å²) in [7, 11) is 1.67. The maximum absolute atomic E-state index is 5.96. The first-order valence-corrected chi connectivity index (χ1v) is 7.08. The van der Waals surface area contributed by atoms with Gasteiger partial charge in [-0.25, -0.2) is 4.98 Å². The Bertz CT molecular complexity index is 619. The van der Waals surface area contributed by atoms with E-state index < -0.39 is 0 Å². The van der Waals surface area contributed by atoms with Gasteiger partial charge in [-0.2, -0.15) is 4.98 Å². The van der Waals surface area contributed by atoms with Gasteiger partial charge in [-0.05, 0) is 37.6 Å². The van der Waals surface area contributed by atoms with Crippen LogP contribution in [0.15, 0.2) is 24.3 Å². The third-order valence-corrected chi connectivity index (χ3v) is 3.14. The maximum Gasteiger partial charge on any atom is 0.229 e. The molecule has 0 aliphatic carbocycles. The quantitative estimate of drug-likeness (QED) is 0.799. The normalized spacial score (nSPS) is 10.5. The minimum Gasteiger partial charge on any atom is -0.383 e. The van der Waals surface area contributed by atoms with Crippen LogP contribution < -0.4 is 10.6 Å². The van der Waals surface area contributed by atoms with Crippen LogP contribution in [0.5, 0.6) is 0 Å². The summed E-state index contributed by atoms with van der Waals surface area (Å²) < 4.78 is 5.01. The maximum atomic E-state index is 5.96. The summed E-state index contributed by atoms with van der Waals surface area (Å²) in [6.07, 6.45) is 0. The highest BCUT2D eigenvalue weighted by atomic mass is 35.5. The van der Waals surface area contributed by atoms with Crippen molar-refractivity contribution in [3.63, 3.8) is 0 Å². The molecule has 0 fully saturated rings. The fourth-order valence-corrected chi connectivity index (χ4v) is 2.11. The monoisotopic (exact) mass is 306 g/mol. The van der Waals surface area contributed by atoms with Crippen molar-refractivity contribution >= 4 is 29.1 Å². The van der Waals surface area contributed by atoms with Crippen molar-refractivity contribution in [3.8, 4) is 0 Å². The van der Waals surface area contributed by atoms with Crippen LogP contribution in [0.25, 0.3) is 0 Å². The highest BCUT2D eigenvalue weighted by molar-refractivity contribution is 6.30. The smallest absolute Gasteiger partial charge is 0.229 e. The van der Waals surface area contributed by atoms with Gasteiger partial charge in [-0.3, -0.25) is 0 Å². The van der Waals surface area contributed by atoms with Gasteiger partial charge in [0.15, 0.2) is 0 Å². The van der Waals surface area contributed by atoms with E-state index in [4.69, 9.17) is 16.3 Å². The molecule has 0 aliphatic rings. The van der Waals surface area contributed by atoms with E-state index in [1.54, 1.807) is 7.11 Å². The summed E-state index contributed by atoms with van der Waals surface area (Å²) in [4.78, 5) is 8.84. The van der Waals surface area contributed by atoms with Gasteiger partial charge >= 0.3 is 0 Å². The highest BCUT2D eigenvalue weighted by Crippen LogP contribution is 2.22. The average molecular weight is 307 g/mol. The lowest BCUT2D eigenvalue weighted by Gasteiger charge is -2.11. The number of benzene rings is 1. The van der Waals surface area contributed by atoms with E-state index in [9.17, 15) is 0 Å². The molecule has 5 nitrogen and oxygen atoms in total. The Kier molecular flexibility index (Phi) is 5.36. The molecule has 0 radical (unpaired) electrons. The largest absolute Gasteiger partial charge is 0.383 e. The molecule has 0 unspecified atom stereocenters. The number of anilines is 3. The van der Waals surface area contributed by atoms with Gasteiger partial charge in [0.1, 0.15) is 5.82 Å². The Balaban J connectivity index is 2.15. The lowest BCUT2D eigenvalue weighted by Crippen LogP contribution is -2.10. The van der Waals surface area contributed by atoms with E-state index in [-0.39, 0.29) is 0 Å². The van der Waals surface area contributed by atoms with Crippen molar-refractivity contribution in [2.24, 2.45) is 0 Å². The summed E-state index contributed by atoms with van der Waals surface area (Å²) >= 11 is 5.96. The standard InChI is InChI=1S/C15H19ClN4O/c1-10-8-12(16)4-5-13(10)19-15-18-11(2)9-14(20-15)17-6-7-21-3/h4-5,8-9H,6-7H2,1-3H3,(H2,17,18,19,20). The van der Waals surface area contributed by atoms with Crippen LogP contribution in [0.1, 0.15) is 11.3 Å². The molecule has 6 heteroatoms. The van der Waals surface area contributed by atoms with Gasteiger partial charge in [0.25, 0.3) is 0 Å². The average Bonchev–Trinajstić information content (AvgIpc) is 2.42. The van der Waals surface area contributed by atoms with E-state index in [2.05, 4.69) is 20.6 Å². The molecule has 2 rings (SSSR count). The number of nitrogens with zero attached hydrogens (tertiary/aromatic N) is 2. The third kappa shape index (κ3) is 4.58. The van der Waals surface area contributed by atoms with Crippen LogP contribution in [-0.2, 0) is 4.74 Å². The molecule has 2 aromatic rings. The predicted molar refractivity (Wildman–Crippen MR) is 86.6 cm³/mol. The lowest BCUT2D eigenvalue weighted by molar-refractivity contribution is 0.210. The number of aromatic nitrogens is 2. The van der Waals surface area contributed by atoms with Crippen LogP contribution in [-0.4, -0.2) is 30.2 Å². The SMILES string of the molecule is COCCNc1cc(C)nc(Nc2ccc(Cl)cc2C)n1. The molecule has 0 atom stereocenters. The van der Waals surface area contributed by atoms with E-state index in [0.29, 0.717) is 24.1 Å². The summed E-state index contributed by atoms with van der Waals surface area (Å²) in [6, 6.07) is 7.55. The van der Waals surface area contributed by atoms with Gasteiger partial charge in [0.05, 0.1) is 6.61 Å². The van der Waals surface area contributed by atoms with Gasteiger partial charge in [-0.1, -0.05) is 11.6 Å². The molecule has 2 N–H and O–H groups in total. The number of aryl methyl sites for hydroxylation is 2. The first-order valence-electron chi connectivity index (χ1n) is 6.70. The Hall–Kier alpha value is -1.85. The summed E-state index contributed by atoms with van der Waals surface area (Å²) in [5.74, 6) is 1.33. The summed E-state index contributed by atoms with van der Waals surface area (Å²) in [5, 5.41) is 7.13. The molecule has 0 bridgehead atoms. The summed E-state index contributed by atoms with van der Waals surface area (Å²) in [5.41, 5.74) is 2.87. The fourth-order valence-electron chi connectivity index (χ4n) is 1.88. The Labute approximate surface area is 129 Å². The number of nitrogens with one attached hydrogen (secondary N) is 2.